The number of imidazole rings is 1. The van der Waals surface area contributed by atoms with Gasteiger partial charge in [0.15, 0.2) is 0 Å². The van der Waals surface area contributed by atoms with Gasteiger partial charge < -0.3 is 19.8 Å². The zero-order valence-corrected chi connectivity index (χ0v) is 17.8. The SMILES string of the molecule is COC(=O)c1cc2nc(Nc3ccccc3C(C)(C)C)[nH]c2c2c1OC(C)(C)C2. The van der Waals surface area contributed by atoms with E-state index in [4.69, 9.17) is 14.5 Å². The summed E-state index contributed by atoms with van der Waals surface area (Å²) in [5.74, 6) is 0.793. The highest BCUT2D eigenvalue weighted by Crippen LogP contribution is 2.42. The molecule has 0 bridgehead atoms. The van der Waals surface area contributed by atoms with E-state index in [1.165, 1.54) is 12.7 Å². The molecule has 0 radical (unpaired) electrons. The van der Waals surface area contributed by atoms with Crippen LogP contribution in [0.15, 0.2) is 30.3 Å². The van der Waals surface area contributed by atoms with Gasteiger partial charge in [-0.25, -0.2) is 9.78 Å². The van der Waals surface area contributed by atoms with Gasteiger partial charge >= 0.3 is 5.97 Å². The Balaban J connectivity index is 1.82. The third-order valence-corrected chi connectivity index (χ3v) is 5.21. The maximum atomic E-state index is 12.3. The Kier molecular flexibility index (Phi) is 4.33. The Morgan fingerprint density at radius 2 is 2.00 bits per heavy atom. The van der Waals surface area contributed by atoms with Crippen molar-refractivity contribution >= 4 is 28.6 Å². The maximum Gasteiger partial charge on any atom is 0.341 e. The minimum atomic E-state index is -0.420. The third kappa shape index (κ3) is 3.43. The molecule has 4 rings (SSSR count). The molecule has 1 aromatic heterocycles. The molecular formula is C23H27N3O3. The van der Waals surface area contributed by atoms with Crippen molar-refractivity contribution in [2.45, 2.75) is 52.1 Å². The van der Waals surface area contributed by atoms with E-state index < -0.39 is 11.6 Å². The minimum absolute atomic E-state index is 0.00717. The van der Waals surface area contributed by atoms with Crippen molar-refractivity contribution in [2.24, 2.45) is 0 Å². The van der Waals surface area contributed by atoms with Crippen LogP contribution >= 0.6 is 0 Å². The second-order valence-electron chi connectivity index (χ2n) is 9.16. The van der Waals surface area contributed by atoms with Crippen molar-refractivity contribution in [3.63, 3.8) is 0 Å². The average molecular weight is 393 g/mol. The number of H-pyrrole nitrogens is 1. The van der Waals surface area contributed by atoms with Crippen LogP contribution in [0.2, 0.25) is 0 Å². The van der Waals surface area contributed by atoms with Gasteiger partial charge in [-0.1, -0.05) is 39.0 Å². The van der Waals surface area contributed by atoms with Crippen LogP contribution in [0.1, 0.15) is 56.1 Å². The number of carbonyl (C=O) groups is 1. The zero-order valence-electron chi connectivity index (χ0n) is 17.8. The first-order valence-corrected chi connectivity index (χ1v) is 9.78. The van der Waals surface area contributed by atoms with E-state index in [9.17, 15) is 4.79 Å². The fourth-order valence-electron chi connectivity index (χ4n) is 3.92. The lowest BCUT2D eigenvalue weighted by Gasteiger charge is -2.22. The van der Waals surface area contributed by atoms with Crippen LogP contribution in [0.5, 0.6) is 5.75 Å². The maximum absolute atomic E-state index is 12.3. The Hall–Kier alpha value is -3.02. The number of hydrogen-bond acceptors (Lipinski definition) is 5. The number of rotatable bonds is 3. The van der Waals surface area contributed by atoms with Gasteiger partial charge in [0.2, 0.25) is 5.95 Å². The number of carbonyl (C=O) groups excluding carboxylic acids is 1. The summed E-state index contributed by atoms with van der Waals surface area (Å²) in [7, 11) is 1.37. The Morgan fingerprint density at radius 3 is 2.69 bits per heavy atom. The molecule has 1 aliphatic rings. The van der Waals surface area contributed by atoms with E-state index in [1.54, 1.807) is 6.07 Å². The molecule has 3 aromatic rings. The van der Waals surface area contributed by atoms with Crippen molar-refractivity contribution in [1.29, 1.82) is 0 Å². The molecule has 0 unspecified atom stereocenters. The number of nitrogens with zero attached hydrogens (tertiary/aromatic N) is 1. The number of fused-ring (bicyclic) bond motifs is 3. The van der Waals surface area contributed by atoms with Gasteiger partial charge in [-0.2, -0.15) is 0 Å². The van der Waals surface area contributed by atoms with E-state index >= 15 is 0 Å². The summed E-state index contributed by atoms with van der Waals surface area (Å²) in [4.78, 5) is 20.4. The summed E-state index contributed by atoms with van der Waals surface area (Å²) in [6.45, 7) is 10.6. The number of benzene rings is 2. The Bertz CT molecular complexity index is 1110. The summed E-state index contributed by atoms with van der Waals surface area (Å²) in [6, 6.07) is 9.94. The summed E-state index contributed by atoms with van der Waals surface area (Å²) < 4.78 is 11.0. The second kappa shape index (κ2) is 6.51. The standard InChI is InChI=1S/C23H27N3O3/c1-22(2,3)15-9-7-8-10-16(15)24-21-25-17-11-13(20(27)28-6)19-14(18(17)26-21)12-23(4,5)29-19/h7-11H,12H2,1-6H3,(H2,24,25,26). The molecule has 6 heteroatoms. The van der Waals surface area contributed by atoms with Gasteiger partial charge in [-0.05, 0) is 37.0 Å². The van der Waals surface area contributed by atoms with E-state index in [2.05, 4.69) is 37.1 Å². The molecule has 2 N–H and O–H groups in total. The van der Waals surface area contributed by atoms with Crippen LogP contribution < -0.4 is 10.1 Å². The van der Waals surface area contributed by atoms with E-state index in [-0.39, 0.29) is 5.41 Å². The van der Waals surface area contributed by atoms with Crippen molar-refractivity contribution in [1.82, 2.24) is 9.97 Å². The van der Waals surface area contributed by atoms with Gasteiger partial charge in [0.05, 0.1) is 18.1 Å². The molecule has 29 heavy (non-hydrogen) atoms. The molecule has 152 valence electrons. The number of methoxy groups -OCH3 is 1. The average Bonchev–Trinajstić information content (AvgIpc) is 3.18. The molecule has 1 aliphatic heterocycles. The lowest BCUT2D eigenvalue weighted by molar-refractivity contribution is 0.0590. The first-order chi connectivity index (χ1) is 13.6. The molecule has 0 aliphatic carbocycles. The fraction of sp³-hybridized carbons (Fsp3) is 0.391. The number of nitrogens with one attached hydrogen (secondary N) is 2. The van der Waals surface area contributed by atoms with Gasteiger partial charge in [0.1, 0.15) is 16.9 Å². The highest BCUT2D eigenvalue weighted by Gasteiger charge is 2.36. The molecule has 0 saturated carbocycles. The van der Waals surface area contributed by atoms with Crippen LogP contribution in [-0.4, -0.2) is 28.6 Å². The van der Waals surface area contributed by atoms with Crippen molar-refractivity contribution in [3.05, 3.63) is 47.0 Å². The smallest absolute Gasteiger partial charge is 0.341 e. The molecule has 2 heterocycles. The van der Waals surface area contributed by atoms with Crippen LogP contribution in [0.25, 0.3) is 11.0 Å². The Labute approximate surface area is 170 Å². The zero-order chi connectivity index (χ0) is 21.0. The van der Waals surface area contributed by atoms with Gasteiger partial charge in [-0.15, -0.1) is 0 Å². The normalized spacial score (nSPS) is 15.1. The molecular weight excluding hydrogens is 366 g/mol. The molecule has 0 fully saturated rings. The first kappa shape index (κ1) is 19.3. The number of ether oxygens (including phenoxy) is 2. The fourth-order valence-corrected chi connectivity index (χ4v) is 3.92. The number of esters is 1. The number of anilines is 2. The third-order valence-electron chi connectivity index (χ3n) is 5.21. The van der Waals surface area contributed by atoms with Gasteiger partial charge in [-0.3, -0.25) is 0 Å². The Morgan fingerprint density at radius 1 is 1.28 bits per heavy atom. The monoisotopic (exact) mass is 393 g/mol. The molecule has 6 nitrogen and oxygen atoms in total. The highest BCUT2D eigenvalue weighted by atomic mass is 16.5. The predicted molar refractivity (Wildman–Crippen MR) is 114 cm³/mol. The molecule has 0 spiro atoms. The lowest BCUT2D eigenvalue weighted by Crippen LogP contribution is -2.25. The van der Waals surface area contributed by atoms with E-state index in [0.717, 1.165) is 16.8 Å². The summed E-state index contributed by atoms with van der Waals surface area (Å²) in [5, 5.41) is 3.42. The van der Waals surface area contributed by atoms with E-state index in [0.29, 0.717) is 29.2 Å². The van der Waals surface area contributed by atoms with Gasteiger partial charge in [0, 0.05) is 17.7 Å². The number of para-hydroxylation sites is 1. The minimum Gasteiger partial charge on any atom is -0.486 e. The molecule has 0 amide bonds. The van der Waals surface area contributed by atoms with Crippen LogP contribution in [0, 0.1) is 0 Å². The first-order valence-electron chi connectivity index (χ1n) is 9.78. The largest absolute Gasteiger partial charge is 0.486 e. The van der Waals surface area contributed by atoms with Crippen molar-refractivity contribution < 1.29 is 14.3 Å². The second-order valence-corrected chi connectivity index (χ2v) is 9.16. The molecule has 0 saturated heterocycles. The summed E-state index contributed by atoms with van der Waals surface area (Å²) in [5.41, 5.74) is 4.76. The lowest BCUT2D eigenvalue weighted by atomic mass is 9.86. The summed E-state index contributed by atoms with van der Waals surface area (Å²) in [6.07, 6.45) is 0.684. The molecule has 0 atom stereocenters. The van der Waals surface area contributed by atoms with Crippen LogP contribution in [-0.2, 0) is 16.6 Å². The number of aromatic nitrogens is 2. The number of aromatic amines is 1. The van der Waals surface area contributed by atoms with Gasteiger partial charge in [0.25, 0.3) is 0 Å². The summed E-state index contributed by atoms with van der Waals surface area (Å²) >= 11 is 0. The van der Waals surface area contributed by atoms with Crippen molar-refractivity contribution in [3.8, 4) is 5.75 Å². The molecule has 2 aromatic carbocycles. The number of hydrogen-bond donors (Lipinski definition) is 2. The highest BCUT2D eigenvalue weighted by molar-refractivity contribution is 5.99. The van der Waals surface area contributed by atoms with E-state index in [1.807, 2.05) is 32.0 Å². The quantitative estimate of drug-likeness (QED) is 0.605. The van der Waals surface area contributed by atoms with Crippen molar-refractivity contribution in [2.75, 3.05) is 12.4 Å². The topological polar surface area (TPSA) is 76.2 Å². The van der Waals surface area contributed by atoms with Crippen LogP contribution in [0.3, 0.4) is 0 Å². The predicted octanol–water partition coefficient (Wildman–Crippen LogP) is 5.10. The van der Waals surface area contributed by atoms with Crippen LogP contribution in [0.4, 0.5) is 11.6 Å².